The van der Waals surface area contributed by atoms with Gasteiger partial charge in [0.1, 0.15) is 10.6 Å². The Morgan fingerprint density at radius 1 is 1.19 bits per heavy atom. The predicted octanol–water partition coefficient (Wildman–Crippen LogP) is 3.97. The average molecular weight is 381 g/mol. The number of amides is 1. The van der Waals surface area contributed by atoms with Crippen LogP contribution < -0.4 is 5.32 Å². The maximum Gasteiger partial charge on any atom is 0.349 e. The van der Waals surface area contributed by atoms with Crippen molar-refractivity contribution in [3.8, 4) is 10.4 Å². The molecule has 138 valence electrons. The first-order valence-corrected chi connectivity index (χ1v) is 9.65. The summed E-state index contributed by atoms with van der Waals surface area (Å²) in [4.78, 5) is 26.3. The van der Waals surface area contributed by atoms with Crippen molar-refractivity contribution in [2.75, 3.05) is 0 Å². The number of ether oxygens (including phenoxy) is 1. The molecule has 1 amide bonds. The molecule has 0 aliphatic heterocycles. The van der Waals surface area contributed by atoms with Crippen LogP contribution in [0.4, 0.5) is 0 Å². The minimum absolute atomic E-state index is 0.262. The first-order valence-electron chi connectivity index (χ1n) is 8.84. The standard InChI is InChI=1S/C21H19NO4S/c1-13(20(23)22-12-16-6-4-10-25-16)26-21(24)18-11-15-9-8-14-5-2-3-7-17(14)19(15)27-18/h2-7,10-11,13H,8-9,12H2,1H3,(H,22,23)/t13-/m0/s1. The van der Waals surface area contributed by atoms with Gasteiger partial charge in [0.2, 0.25) is 0 Å². The van der Waals surface area contributed by atoms with E-state index in [1.807, 2.05) is 18.2 Å². The van der Waals surface area contributed by atoms with E-state index >= 15 is 0 Å². The molecule has 0 fully saturated rings. The number of fused-ring (bicyclic) bond motifs is 3. The van der Waals surface area contributed by atoms with E-state index in [0.717, 1.165) is 17.7 Å². The molecule has 0 radical (unpaired) electrons. The van der Waals surface area contributed by atoms with E-state index in [-0.39, 0.29) is 12.5 Å². The molecule has 1 aliphatic rings. The highest BCUT2D eigenvalue weighted by Crippen LogP contribution is 2.39. The third-order valence-corrected chi connectivity index (χ3v) is 5.80. The van der Waals surface area contributed by atoms with Gasteiger partial charge in [-0.3, -0.25) is 4.79 Å². The molecule has 0 saturated carbocycles. The molecule has 2 heterocycles. The normalized spacial score (nSPS) is 13.4. The molecule has 27 heavy (non-hydrogen) atoms. The fourth-order valence-electron chi connectivity index (χ4n) is 3.18. The van der Waals surface area contributed by atoms with Crippen LogP contribution in [0.5, 0.6) is 0 Å². The molecule has 5 nitrogen and oxygen atoms in total. The third-order valence-electron chi connectivity index (χ3n) is 4.61. The highest BCUT2D eigenvalue weighted by Gasteiger charge is 2.24. The Hall–Kier alpha value is -2.86. The van der Waals surface area contributed by atoms with E-state index in [2.05, 4.69) is 17.4 Å². The van der Waals surface area contributed by atoms with E-state index < -0.39 is 12.1 Å². The van der Waals surface area contributed by atoms with E-state index in [0.29, 0.717) is 10.6 Å². The lowest BCUT2D eigenvalue weighted by Crippen LogP contribution is -2.35. The molecule has 4 rings (SSSR count). The Balaban J connectivity index is 1.42. The zero-order chi connectivity index (χ0) is 18.8. The minimum atomic E-state index is -0.876. The number of aryl methyl sites for hydroxylation is 2. The van der Waals surface area contributed by atoms with Gasteiger partial charge >= 0.3 is 5.97 Å². The van der Waals surface area contributed by atoms with Gasteiger partial charge in [-0.1, -0.05) is 24.3 Å². The van der Waals surface area contributed by atoms with Crippen LogP contribution in [0.15, 0.2) is 53.1 Å². The van der Waals surface area contributed by atoms with Crippen molar-refractivity contribution in [3.05, 3.63) is 70.5 Å². The van der Waals surface area contributed by atoms with Crippen LogP contribution in [0.2, 0.25) is 0 Å². The molecule has 0 spiro atoms. The van der Waals surface area contributed by atoms with Crippen LogP contribution in [0.3, 0.4) is 0 Å². The van der Waals surface area contributed by atoms with Gasteiger partial charge in [0.05, 0.1) is 12.8 Å². The van der Waals surface area contributed by atoms with Crippen molar-refractivity contribution < 1.29 is 18.7 Å². The van der Waals surface area contributed by atoms with E-state index in [1.54, 1.807) is 25.3 Å². The Bertz CT molecular complexity index is 974. The first kappa shape index (κ1) is 17.5. The lowest BCUT2D eigenvalue weighted by molar-refractivity contribution is -0.129. The van der Waals surface area contributed by atoms with Crippen LogP contribution in [0.1, 0.15) is 33.5 Å². The number of rotatable bonds is 5. The fourth-order valence-corrected chi connectivity index (χ4v) is 4.33. The van der Waals surface area contributed by atoms with Gasteiger partial charge < -0.3 is 14.5 Å². The minimum Gasteiger partial charge on any atom is -0.467 e. The van der Waals surface area contributed by atoms with Crippen molar-refractivity contribution in [2.24, 2.45) is 0 Å². The van der Waals surface area contributed by atoms with Gasteiger partial charge in [-0.2, -0.15) is 0 Å². The number of carbonyl (C=O) groups is 2. The van der Waals surface area contributed by atoms with Gasteiger partial charge in [-0.05, 0) is 54.7 Å². The largest absolute Gasteiger partial charge is 0.467 e. The molecule has 0 bridgehead atoms. The molecule has 2 aromatic heterocycles. The number of hydrogen-bond donors (Lipinski definition) is 1. The Morgan fingerprint density at radius 2 is 2.00 bits per heavy atom. The van der Waals surface area contributed by atoms with Crippen molar-refractivity contribution in [2.45, 2.75) is 32.4 Å². The van der Waals surface area contributed by atoms with E-state index in [9.17, 15) is 9.59 Å². The maximum absolute atomic E-state index is 12.5. The molecule has 0 saturated heterocycles. The third kappa shape index (κ3) is 3.66. The summed E-state index contributed by atoms with van der Waals surface area (Å²) in [5.41, 5.74) is 3.66. The van der Waals surface area contributed by atoms with Crippen LogP contribution >= 0.6 is 11.3 Å². The number of esters is 1. The van der Waals surface area contributed by atoms with Crippen LogP contribution in [0.25, 0.3) is 10.4 Å². The van der Waals surface area contributed by atoms with Crippen LogP contribution in [0, 0.1) is 0 Å². The molecule has 1 aromatic carbocycles. The Kier molecular flexibility index (Phi) is 4.81. The Morgan fingerprint density at radius 3 is 2.81 bits per heavy atom. The summed E-state index contributed by atoms with van der Waals surface area (Å²) >= 11 is 1.43. The second-order valence-electron chi connectivity index (χ2n) is 6.47. The average Bonchev–Trinajstić information content (AvgIpc) is 3.35. The summed E-state index contributed by atoms with van der Waals surface area (Å²) in [6, 6.07) is 13.7. The van der Waals surface area contributed by atoms with Crippen molar-refractivity contribution in [3.63, 3.8) is 0 Å². The SMILES string of the molecule is C[C@H](OC(=O)c1cc2c(s1)-c1ccccc1CC2)C(=O)NCc1ccco1. The maximum atomic E-state index is 12.5. The summed E-state index contributed by atoms with van der Waals surface area (Å²) in [5, 5.41) is 2.70. The van der Waals surface area contributed by atoms with E-state index in [1.165, 1.54) is 28.0 Å². The second-order valence-corrected chi connectivity index (χ2v) is 7.52. The van der Waals surface area contributed by atoms with Crippen molar-refractivity contribution >= 4 is 23.2 Å². The molecule has 3 aromatic rings. The van der Waals surface area contributed by atoms with Crippen molar-refractivity contribution in [1.82, 2.24) is 5.32 Å². The summed E-state index contributed by atoms with van der Waals surface area (Å²) < 4.78 is 10.5. The van der Waals surface area contributed by atoms with Gasteiger partial charge in [0.15, 0.2) is 6.10 Å². The number of nitrogens with one attached hydrogen (secondary N) is 1. The number of carbonyl (C=O) groups excluding carboxylic acids is 2. The summed E-state index contributed by atoms with van der Waals surface area (Å²) in [6.45, 7) is 1.83. The van der Waals surface area contributed by atoms with E-state index in [4.69, 9.17) is 9.15 Å². The Labute approximate surface area is 161 Å². The molecule has 1 N–H and O–H groups in total. The molecule has 1 aliphatic carbocycles. The monoisotopic (exact) mass is 381 g/mol. The molecule has 0 unspecified atom stereocenters. The van der Waals surface area contributed by atoms with Gasteiger partial charge in [-0.15, -0.1) is 11.3 Å². The number of thiophene rings is 1. The molecular formula is C21H19NO4S. The van der Waals surface area contributed by atoms with Gasteiger partial charge in [0, 0.05) is 4.88 Å². The highest BCUT2D eigenvalue weighted by molar-refractivity contribution is 7.17. The fraction of sp³-hybridized carbons (Fsp3) is 0.238. The molecule has 1 atom stereocenters. The quantitative estimate of drug-likeness (QED) is 0.679. The van der Waals surface area contributed by atoms with Crippen LogP contribution in [-0.2, 0) is 28.9 Å². The highest BCUT2D eigenvalue weighted by atomic mass is 32.1. The topological polar surface area (TPSA) is 68.5 Å². The predicted molar refractivity (Wildman–Crippen MR) is 103 cm³/mol. The second kappa shape index (κ2) is 7.40. The summed E-state index contributed by atoms with van der Waals surface area (Å²) in [5.74, 6) is -0.176. The first-order chi connectivity index (χ1) is 13.1. The number of furan rings is 1. The lowest BCUT2D eigenvalue weighted by atomic mass is 9.91. The lowest BCUT2D eigenvalue weighted by Gasteiger charge is -2.15. The summed E-state index contributed by atoms with van der Waals surface area (Å²) in [7, 11) is 0. The van der Waals surface area contributed by atoms with Crippen LogP contribution in [-0.4, -0.2) is 18.0 Å². The van der Waals surface area contributed by atoms with Crippen molar-refractivity contribution in [1.29, 1.82) is 0 Å². The number of hydrogen-bond acceptors (Lipinski definition) is 5. The zero-order valence-electron chi connectivity index (χ0n) is 14.9. The van der Waals surface area contributed by atoms with Gasteiger partial charge in [0.25, 0.3) is 5.91 Å². The molecular weight excluding hydrogens is 362 g/mol. The van der Waals surface area contributed by atoms with Gasteiger partial charge in [-0.25, -0.2) is 4.79 Å². The number of benzene rings is 1. The smallest absolute Gasteiger partial charge is 0.349 e. The zero-order valence-corrected chi connectivity index (χ0v) is 15.7. The summed E-state index contributed by atoms with van der Waals surface area (Å²) in [6.07, 6.45) is 2.55. The molecule has 6 heteroatoms.